The maximum atomic E-state index is 2.99. The molecular formula is C61H68Cl2Zr-2. The Morgan fingerprint density at radius 1 is 0.547 bits per heavy atom. The van der Waals surface area contributed by atoms with Crippen LogP contribution in [0.3, 0.4) is 0 Å². The summed E-state index contributed by atoms with van der Waals surface area (Å²) in [5.41, 5.74) is 14.3. The minimum atomic E-state index is 0. The van der Waals surface area contributed by atoms with Crippen LogP contribution in [0.25, 0.3) is 43.8 Å². The van der Waals surface area contributed by atoms with Gasteiger partial charge in [-0.2, -0.15) is 6.08 Å². The Bertz CT molecular complexity index is 2420. The third-order valence-electron chi connectivity index (χ3n) is 11.9. The second-order valence-corrected chi connectivity index (χ2v) is 20.8. The molecule has 7 aromatic carbocycles. The molecule has 7 aromatic rings. The first-order valence-corrected chi connectivity index (χ1v) is 24.3. The third-order valence-corrected chi connectivity index (χ3v) is 12.8. The number of unbranched alkanes of at least 4 members (excludes halogenated alkanes) is 2. The van der Waals surface area contributed by atoms with Crippen molar-refractivity contribution in [1.82, 2.24) is 0 Å². The summed E-state index contributed by atoms with van der Waals surface area (Å²) >= 11 is 1.55. The molecule has 0 atom stereocenters. The number of allylic oxidation sites excluding steroid dienone is 4. The molecule has 3 heteroatoms. The van der Waals surface area contributed by atoms with Gasteiger partial charge < -0.3 is 24.8 Å². The molecule has 0 fully saturated rings. The van der Waals surface area contributed by atoms with Crippen molar-refractivity contribution in [1.29, 1.82) is 0 Å². The van der Waals surface area contributed by atoms with Gasteiger partial charge in [-0.15, -0.1) is 46.2 Å². The average molecular weight is 963 g/mol. The van der Waals surface area contributed by atoms with E-state index in [1.807, 2.05) is 12.2 Å². The first kappa shape index (κ1) is 52.6. The van der Waals surface area contributed by atoms with Crippen molar-refractivity contribution in [2.45, 2.75) is 124 Å². The summed E-state index contributed by atoms with van der Waals surface area (Å²) in [5, 5.41) is 5.47. The number of fused-ring (bicyclic) bond motifs is 3. The molecule has 64 heavy (non-hydrogen) atoms. The zero-order valence-corrected chi connectivity index (χ0v) is 43.6. The molecule has 0 N–H and O–H groups in total. The monoisotopic (exact) mass is 960 g/mol. The molecular weight excluding hydrogens is 895 g/mol. The molecule has 0 nitrogen and oxygen atoms in total. The molecule has 0 bridgehead atoms. The van der Waals surface area contributed by atoms with Crippen molar-refractivity contribution in [3.63, 3.8) is 0 Å². The standard InChI is InChI=1S/C41H49.C15H14.C5H5.2ClH.Zr/c1-9-11-17-28-19-13-15-21-32(28)36-24-30-23-31-25-37(33-22-16-14-20-29(33)18-12-10-2)39(41(6,7)8)27-35(31)34(30)26-38(36)40(3,4)5;1-3-8-14(9-4-1)12-7-13-15-10-5-2-6-11-15;1-2-4-5-3-1;;;/h13-16,19-27H,9-12,17-18H2,1-8H3;1-6,8-11H,12-13H2;1-3H,4H2;2*1H;/q-1;;-1;;;+2/p-2. The van der Waals surface area contributed by atoms with Crippen LogP contribution in [0.4, 0.5) is 0 Å². The van der Waals surface area contributed by atoms with Gasteiger partial charge in [0.2, 0.25) is 0 Å². The maximum absolute atomic E-state index is 2.99. The molecule has 0 aliphatic heterocycles. The van der Waals surface area contributed by atoms with Crippen molar-refractivity contribution < 1.29 is 49.0 Å². The molecule has 0 saturated carbocycles. The van der Waals surface area contributed by atoms with Gasteiger partial charge in [0.05, 0.1) is 0 Å². The van der Waals surface area contributed by atoms with Gasteiger partial charge >= 0.3 is 112 Å². The minimum absolute atomic E-state index is 0. The molecule has 1 aliphatic rings. The zero-order chi connectivity index (χ0) is 44.1. The fraction of sp³-hybridized carbons (Fsp3) is 0.311. The Kier molecular flexibility index (Phi) is 20.6. The van der Waals surface area contributed by atoms with E-state index in [0.717, 1.165) is 32.1 Å². The summed E-state index contributed by atoms with van der Waals surface area (Å²) in [4.78, 5) is 0. The summed E-state index contributed by atoms with van der Waals surface area (Å²) < 4.78 is 1.60. The molecule has 0 unspecified atom stereocenters. The van der Waals surface area contributed by atoms with Crippen LogP contribution >= 0.6 is 0 Å². The molecule has 0 heterocycles. The van der Waals surface area contributed by atoms with Crippen LogP contribution < -0.4 is 24.8 Å². The summed E-state index contributed by atoms with van der Waals surface area (Å²) in [6.45, 7) is 18.8. The van der Waals surface area contributed by atoms with Crippen LogP contribution in [0.5, 0.6) is 0 Å². The van der Waals surface area contributed by atoms with Crippen LogP contribution in [0.2, 0.25) is 0 Å². The van der Waals surface area contributed by atoms with E-state index >= 15 is 0 Å². The Balaban J connectivity index is 0.000000321. The molecule has 1 aliphatic carbocycles. The van der Waals surface area contributed by atoms with E-state index in [4.69, 9.17) is 0 Å². The van der Waals surface area contributed by atoms with Gasteiger partial charge in [0.15, 0.2) is 0 Å². The Hall–Kier alpha value is -4.00. The van der Waals surface area contributed by atoms with Gasteiger partial charge in [-0.05, 0) is 81.0 Å². The molecule has 0 radical (unpaired) electrons. The van der Waals surface area contributed by atoms with E-state index < -0.39 is 0 Å². The fourth-order valence-electron chi connectivity index (χ4n) is 8.62. The number of rotatable bonds is 12. The van der Waals surface area contributed by atoms with Crippen LogP contribution in [-0.2, 0) is 60.7 Å². The van der Waals surface area contributed by atoms with Gasteiger partial charge in [-0.1, -0.05) is 129 Å². The zero-order valence-electron chi connectivity index (χ0n) is 39.6. The van der Waals surface area contributed by atoms with Crippen molar-refractivity contribution in [3.05, 3.63) is 197 Å². The molecule has 0 amide bonds. The van der Waals surface area contributed by atoms with E-state index in [1.165, 1.54) is 103 Å². The summed E-state index contributed by atoms with van der Waals surface area (Å²) in [7, 11) is 0. The van der Waals surface area contributed by atoms with E-state index in [1.54, 1.807) is 27.4 Å². The number of hydrogen-bond donors (Lipinski definition) is 0. The van der Waals surface area contributed by atoms with Gasteiger partial charge in [-0.25, -0.2) is 12.2 Å². The third kappa shape index (κ3) is 14.3. The number of aryl methyl sites for hydroxylation is 2. The van der Waals surface area contributed by atoms with Crippen LogP contribution in [0.1, 0.15) is 121 Å². The number of benzene rings is 6. The second kappa shape index (κ2) is 25.1. The average Bonchev–Trinajstić information content (AvgIpc) is 3.97. The first-order chi connectivity index (χ1) is 29.9. The van der Waals surface area contributed by atoms with Gasteiger partial charge in [0.25, 0.3) is 0 Å². The van der Waals surface area contributed by atoms with E-state index in [2.05, 4.69) is 207 Å². The Morgan fingerprint density at radius 2 is 0.953 bits per heavy atom. The molecule has 0 spiro atoms. The Labute approximate surface area is 414 Å². The molecule has 8 rings (SSSR count). The van der Waals surface area contributed by atoms with E-state index in [-0.39, 0.29) is 35.6 Å². The number of halogens is 2. The van der Waals surface area contributed by atoms with E-state index in [9.17, 15) is 0 Å². The SMILES string of the molecule is CCCCc1ccccc1-c1cc2[cH-]c3cc(-c4ccccc4CCCC)c(C(C)(C)C)cc3c2cc1C(C)(C)C.[C-]1=CC=CC1.[Cl-].[Cl-].[Zr+2]=[C](Cc1ccccc1)Cc1ccccc1. The van der Waals surface area contributed by atoms with E-state index in [0.29, 0.717) is 0 Å². The van der Waals surface area contributed by atoms with Crippen molar-refractivity contribution >= 4 is 24.8 Å². The second-order valence-electron chi connectivity index (χ2n) is 19.1. The molecule has 0 saturated heterocycles. The fourth-order valence-corrected chi connectivity index (χ4v) is 9.62. The summed E-state index contributed by atoms with van der Waals surface area (Å²) in [6, 6.07) is 52.0. The normalized spacial score (nSPS) is 11.9. The van der Waals surface area contributed by atoms with Crippen LogP contribution in [-0.4, -0.2) is 3.21 Å². The van der Waals surface area contributed by atoms with Crippen molar-refractivity contribution in [3.8, 4) is 22.3 Å². The predicted molar refractivity (Wildman–Crippen MR) is 269 cm³/mol. The van der Waals surface area contributed by atoms with Crippen molar-refractivity contribution in [2.75, 3.05) is 0 Å². The van der Waals surface area contributed by atoms with Crippen molar-refractivity contribution in [2.24, 2.45) is 0 Å². The Morgan fingerprint density at radius 3 is 1.30 bits per heavy atom. The molecule has 0 aromatic heterocycles. The summed E-state index contributed by atoms with van der Waals surface area (Å²) in [5.74, 6) is 0. The van der Waals surface area contributed by atoms with Gasteiger partial charge in [-0.3, -0.25) is 6.08 Å². The molecule has 332 valence electrons. The first-order valence-electron chi connectivity index (χ1n) is 23.1. The number of hydrogen-bond acceptors (Lipinski definition) is 0. The van der Waals surface area contributed by atoms with Crippen LogP contribution in [0.15, 0.2) is 158 Å². The van der Waals surface area contributed by atoms with Crippen LogP contribution in [0, 0.1) is 6.08 Å². The quantitative estimate of drug-likeness (QED) is 0.107. The van der Waals surface area contributed by atoms with Gasteiger partial charge in [0.1, 0.15) is 0 Å². The van der Waals surface area contributed by atoms with Gasteiger partial charge in [0, 0.05) is 0 Å². The summed E-state index contributed by atoms with van der Waals surface area (Å²) in [6.07, 6.45) is 19.4. The predicted octanol–water partition coefficient (Wildman–Crippen LogP) is 10.8. The topological polar surface area (TPSA) is 0 Å².